The van der Waals surface area contributed by atoms with Crippen molar-refractivity contribution < 1.29 is 19.4 Å². The minimum absolute atomic E-state index is 0.0567. The molecule has 0 aromatic carbocycles. The van der Waals surface area contributed by atoms with Gasteiger partial charge in [0, 0.05) is 19.1 Å². The Balaban J connectivity index is 2.42. The molecule has 0 unspecified atom stereocenters. The van der Waals surface area contributed by atoms with Gasteiger partial charge in [-0.05, 0) is 27.2 Å². The standard InChI is InChI=1S/C11H21NO4/c1-11(2,3)16-10(14)12-9-7-15-5-4-8(9)6-13/h8-9,13H,4-7H2,1-3H3,(H,12,14)/t8-,9-/m0/s1. The molecule has 1 aliphatic heterocycles. The van der Waals surface area contributed by atoms with E-state index < -0.39 is 11.7 Å². The van der Waals surface area contributed by atoms with Crippen LogP contribution in [-0.4, -0.2) is 42.7 Å². The first kappa shape index (κ1) is 13.3. The summed E-state index contributed by atoms with van der Waals surface area (Å²) in [5.41, 5.74) is -0.506. The average Bonchev–Trinajstić information content (AvgIpc) is 2.15. The molecule has 16 heavy (non-hydrogen) atoms. The van der Waals surface area contributed by atoms with Gasteiger partial charge in [-0.2, -0.15) is 0 Å². The van der Waals surface area contributed by atoms with Crippen molar-refractivity contribution in [3.8, 4) is 0 Å². The summed E-state index contributed by atoms with van der Waals surface area (Å²) in [6, 6.07) is -0.159. The molecular weight excluding hydrogens is 210 g/mol. The predicted molar refractivity (Wildman–Crippen MR) is 59.2 cm³/mol. The molecule has 0 bridgehead atoms. The summed E-state index contributed by atoms with van der Waals surface area (Å²) in [6.45, 7) is 6.57. The van der Waals surface area contributed by atoms with Gasteiger partial charge >= 0.3 is 6.09 Å². The van der Waals surface area contributed by atoms with E-state index in [4.69, 9.17) is 14.6 Å². The molecular formula is C11H21NO4. The van der Waals surface area contributed by atoms with E-state index in [2.05, 4.69) is 5.32 Å². The highest BCUT2D eigenvalue weighted by atomic mass is 16.6. The van der Waals surface area contributed by atoms with E-state index in [1.54, 1.807) is 0 Å². The topological polar surface area (TPSA) is 67.8 Å². The molecule has 2 atom stereocenters. The zero-order chi connectivity index (χ0) is 12.2. The number of ether oxygens (including phenoxy) is 2. The van der Waals surface area contributed by atoms with Crippen LogP contribution in [0.15, 0.2) is 0 Å². The molecule has 5 nitrogen and oxygen atoms in total. The Bertz CT molecular complexity index is 237. The maximum Gasteiger partial charge on any atom is 0.407 e. The molecule has 0 spiro atoms. The number of amides is 1. The Labute approximate surface area is 96.1 Å². The Morgan fingerprint density at radius 1 is 1.56 bits per heavy atom. The fourth-order valence-electron chi connectivity index (χ4n) is 1.62. The van der Waals surface area contributed by atoms with Crippen LogP contribution < -0.4 is 5.32 Å². The summed E-state index contributed by atoms with van der Waals surface area (Å²) >= 11 is 0. The largest absolute Gasteiger partial charge is 0.444 e. The minimum atomic E-state index is -0.506. The summed E-state index contributed by atoms with van der Waals surface area (Å²) in [5.74, 6) is 0.0567. The number of alkyl carbamates (subject to hydrolysis) is 1. The number of hydrogen-bond acceptors (Lipinski definition) is 4. The third-order valence-corrected chi connectivity index (χ3v) is 2.44. The molecule has 1 saturated heterocycles. The molecule has 0 aromatic heterocycles. The van der Waals surface area contributed by atoms with Crippen molar-refractivity contribution in [1.82, 2.24) is 5.32 Å². The van der Waals surface area contributed by atoms with Crippen LogP contribution in [0.25, 0.3) is 0 Å². The van der Waals surface area contributed by atoms with Crippen molar-refractivity contribution in [3.63, 3.8) is 0 Å². The lowest BCUT2D eigenvalue weighted by molar-refractivity contribution is 0.00462. The van der Waals surface area contributed by atoms with Crippen LogP contribution in [0.3, 0.4) is 0 Å². The Morgan fingerprint density at radius 2 is 2.25 bits per heavy atom. The summed E-state index contributed by atoms with van der Waals surface area (Å²) in [5, 5.41) is 11.9. The van der Waals surface area contributed by atoms with Crippen LogP contribution in [0.4, 0.5) is 4.79 Å². The van der Waals surface area contributed by atoms with Gasteiger partial charge in [-0.15, -0.1) is 0 Å². The lowest BCUT2D eigenvalue weighted by atomic mass is 9.96. The molecule has 2 N–H and O–H groups in total. The third-order valence-electron chi connectivity index (χ3n) is 2.44. The molecule has 0 radical (unpaired) electrons. The number of hydrogen-bond donors (Lipinski definition) is 2. The van der Waals surface area contributed by atoms with Crippen LogP contribution in [0.1, 0.15) is 27.2 Å². The number of aliphatic hydroxyl groups excluding tert-OH is 1. The first-order chi connectivity index (χ1) is 7.42. The van der Waals surface area contributed by atoms with Crippen molar-refractivity contribution >= 4 is 6.09 Å². The smallest absolute Gasteiger partial charge is 0.407 e. The van der Waals surface area contributed by atoms with Crippen molar-refractivity contribution in [3.05, 3.63) is 0 Å². The molecule has 1 rings (SSSR count). The predicted octanol–water partition coefficient (Wildman–Crippen LogP) is 0.908. The first-order valence-electron chi connectivity index (χ1n) is 5.60. The summed E-state index contributed by atoms with van der Waals surface area (Å²) in [7, 11) is 0. The van der Waals surface area contributed by atoms with Gasteiger partial charge in [-0.1, -0.05) is 0 Å². The quantitative estimate of drug-likeness (QED) is 0.741. The van der Waals surface area contributed by atoms with Crippen LogP contribution in [0.5, 0.6) is 0 Å². The van der Waals surface area contributed by atoms with Crippen LogP contribution in [0.2, 0.25) is 0 Å². The second kappa shape index (κ2) is 5.50. The van der Waals surface area contributed by atoms with E-state index in [-0.39, 0.29) is 18.6 Å². The molecule has 1 aliphatic rings. The number of aliphatic hydroxyl groups is 1. The van der Waals surface area contributed by atoms with E-state index in [1.807, 2.05) is 20.8 Å². The lowest BCUT2D eigenvalue weighted by Crippen LogP contribution is -2.49. The SMILES string of the molecule is CC(C)(C)OC(=O)N[C@H]1COCC[C@H]1CO. The summed E-state index contributed by atoms with van der Waals surface area (Å²) in [6.07, 6.45) is 0.304. The lowest BCUT2D eigenvalue weighted by Gasteiger charge is -2.31. The highest BCUT2D eigenvalue weighted by Gasteiger charge is 2.28. The maximum absolute atomic E-state index is 11.5. The molecule has 5 heteroatoms. The second-order valence-corrected chi connectivity index (χ2v) is 5.06. The van der Waals surface area contributed by atoms with Crippen LogP contribution >= 0.6 is 0 Å². The summed E-state index contributed by atoms with van der Waals surface area (Å²) < 4.78 is 10.4. The van der Waals surface area contributed by atoms with Crippen LogP contribution in [-0.2, 0) is 9.47 Å². The van der Waals surface area contributed by atoms with Crippen molar-refractivity contribution in [2.24, 2.45) is 5.92 Å². The highest BCUT2D eigenvalue weighted by molar-refractivity contribution is 5.68. The average molecular weight is 231 g/mol. The van der Waals surface area contributed by atoms with E-state index >= 15 is 0 Å². The Kier molecular flexibility index (Phi) is 4.56. The second-order valence-electron chi connectivity index (χ2n) is 5.06. The zero-order valence-electron chi connectivity index (χ0n) is 10.2. The van der Waals surface area contributed by atoms with Gasteiger partial charge in [0.1, 0.15) is 5.60 Å². The minimum Gasteiger partial charge on any atom is -0.444 e. The van der Waals surface area contributed by atoms with Gasteiger partial charge in [0.05, 0.1) is 12.6 Å². The molecule has 1 fully saturated rings. The van der Waals surface area contributed by atoms with Crippen molar-refractivity contribution in [2.75, 3.05) is 19.8 Å². The fourth-order valence-corrected chi connectivity index (χ4v) is 1.62. The Morgan fingerprint density at radius 3 is 2.81 bits per heavy atom. The van der Waals surface area contributed by atoms with Gasteiger partial charge < -0.3 is 19.9 Å². The van der Waals surface area contributed by atoms with Gasteiger partial charge in [-0.25, -0.2) is 4.79 Å². The van der Waals surface area contributed by atoms with Gasteiger partial charge in [-0.3, -0.25) is 0 Å². The van der Waals surface area contributed by atoms with E-state index in [1.165, 1.54) is 0 Å². The van der Waals surface area contributed by atoms with E-state index in [0.717, 1.165) is 6.42 Å². The molecule has 0 saturated carbocycles. The van der Waals surface area contributed by atoms with Crippen molar-refractivity contribution in [1.29, 1.82) is 0 Å². The number of rotatable bonds is 2. The molecule has 1 amide bonds. The van der Waals surface area contributed by atoms with E-state index in [9.17, 15) is 4.79 Å². The highest BCUT2D eigenvalue weighted by Crippen LogP contribution is 2.15. The maximum atomic E-state index is 11.5. The molecule has 1 heterocycles. The number of nitrogens with one attached hydrogen (secondary N) is 1. The summed E-state index contributed by atoms with van der Waals surface area (Å²) in [4.78, 5) is 11.5. The third kappa shape index (κ3) is 4.37. The van der Waals surface area contributed by atoms with E-state index in [0.29, 0.717) is 13.2 Å². The first-order valence-corrected chi connectivity index (χ1v) is 5.60. The van der Waals surface area contributed by atoms with Gasteiger partial charge in [0.15, 0.2) is 0 Å². The number of carbonyl (C=O) groups excluding carboxylic acids is 1. The molecule has 94 valence electrons. The van der Waals surface area contributed by atoms with Gasteiger partial charge in [0.2, 0.25) is 0 Å². The molecule has 0 aliphatic carbocycles. The molecule has 0 aromatic rings. The van der Waals surface area contributed by atoms with Gasteiger partial charge in [0.25, 0.3) is 0 Å². The Hall–Kier alpha value is -0.810. The zero-order valence-corrected chi connectivity index (χ0v) is 10.2. The van der Waals surface area contributed by atoms with Crippen molar-refractivity contribution in [2.45, 2.75) is 38.8 Å². The monoisotopic (exact) mass is 231 g/mol. The number of carbonyl (C=O) groups is 1. The fraction of sp³-hybridized carbons (Fsp3) is 0.909. The normalized spacial score (nSPS) is 26.2. The van der Waals surface area contributed by atoms with Crippen LogP contribution in [0, 0.1) is 5.92 Å².